The van der Waals surface area contributed by atoms with E-state index in [1.165, 1.54) is 44.9 Å². The quantitative estimate of drug-likeness (QED) is 0.164. The van der Waals surface area contributed by atoms with Crippen LogP contribution in [-0.2, 0) is 16.2 Å². The van der Waals surface area contributed by atoms with Gasteiger partial charge in [-0.3, -0.25) is 0 Å². The molecule has 65 heavy (non-hydrogen) atoms. The maximum Gasteiger partial charge on any atom is 0.277 e. The lowest BCUT2D eigenvalue weighted by Crippen LogP contribution is -2.59. The topological polar surface area (TPSA) is 9.72 Å². The Kier molecular flexibility index (Phi) is 8.62. The van der Waals surface area contributed by atoms with Gasteiger partial charge in [-0.2, -0.15) is 0 Å². The molecule has 3 aliphatic heterocycles. The first-order valence-electron chi connectivity index (χ1n) is 22.5. The Bertz CT molecular complexity index is 3210. The zero-order valence-electron chi connectivity index (χ0n) is 37.8. The number of anilines is 9. The van der Waals surface area contributed by atoms with E-state index in [2.05, 4.69) is 191 Å². The highest BCUT2D eigenvalue weighted by molar-refractivity contribution is 7.40. The number of halogens is 2. The Labute approximate surface area is 388 Å². The molecule has 0 aliphatic carbocycles. The fourth-order valence-electron chi connectivity index (χ4n) is 10.8. The average molecular weight is 888 g/mol. The van der Waals surface area contributed by atoms with Gasteiger partial charge in [0.2, 0.25) is 0 Å². The predicted octanol–water partition coefficient (Wildman–Crippen LogP) is 15.2. The molecule has 0 saturated heterocycles. The molecule has 8 heteroatoms. The van der Waals surface area contributed by atoms with Crippen LogP contribution in [0, 0.1) is 11.6 Å². The van der Waals surface area contributed by atoms with Crippen LogP contribution in [0.25, 0.3) is 20.2 Å². The molecule has 9 aromatic rings. The van der Waals surface area contributed by atoms with E-state index in [-0.39, 0.29) is 34.6 Å². The number of para-hydroxylation sites is 2. The van der Waals surface area contributed by atoms with Crippen molar-refractivity contribution in [2.45, 2.75) is 71.6 Å². The van der Waals surface area contributed by atoms with Crippen LogP contribution in [0.15, 0.2) is 146 Å². The van der Waals surface area contributed by atoms with Gasteiger partial charge >= 0.3 is 0 Å². The van der Waals surface area contributed by atoms with Crippen molar-refractivity contribution >= 4 is 116 Å². The highest BCUT2D eigenvalue weighted by atomic mass is 32.1. The van der Waals surface area contributed by atoms with Gasteiger partial charge in [-0.1, -0.05) is 140 Å². The fraction of sp³-hybridized carbons (Fsp3) is 0.193. The van der Waals surface area contributed by atoms with E-state index in [4.69, 9.17) is 0 Å². The minimum Gasteiger partial charge on any atom is -0.310 e. The summed E-state index contributed by atoms with van der Waals surface area (Å²) in [5.74, 6) is -0.476. The van der Waals surface area contributed by atoms with Crippen molar-refractivity contribution in [3.05, 3.63) is 179 Å². The third kappa shape index (κ3) is 5.82. The van der Waals surface area contributed by atoms with E-state index < -0.39 is 0 Å². The standard InChI is InChI=1S/C57H48BF2N3S2/c1-55(2,3)33-23-27-35(28-24-33)62-46-31-37(61-44-21-11-9-17-40(44)57(7,8)41-18-10-12-22-45(41)61)32-47-48(46)58(53-49(62)38-15-13-19-42(59)51(38)64-53)54-50(39-16-14-20-43(60)52(39)65-54)63(47)36-29-25-34(26-30-36)56(4,5)6/h9-32H,1-8H3. The van der Waals surface area contributed by atoms with Crippen molar-refractivity contribution in [2.75, 3.05) is 14.7 Å². The first kappa shape index (κ1) is 40.3. The zero-order chi connectivity index (χ0) is 44.9. The first-order chi connectivity index (χ1) is 31.1. The molecule has 12 rings (SSSR count). The molecule has 0 radical (unpaired) electrons. The Morgan fingerprint density at radius 2 is 0.877 bits per heavy atom. The van der Waals surface area contributed by atoms with Crippen molar-refractivity contribution in [3.8, 4) is 0 Å². The SMILES string of the molecule is CC(C)(C)c1ccc(N2c3cc(N4c5ccccc5C(C)(C)c5ccccc54)cc4c3B(c3sc5c(F)cccc5c32)c2sc3c(F)cccc3c2N4c2ccc(C(C)(C)C)cc2)cc1. The highest BCUT2D eigenvalue weighted by Gasteiger charge is 2.48. The molecule has 2 aromatic heterocycles. The van der Waals surface area contributed by atoms with Gasteiger partial charge < -0.3 is 14.7 Å². The zero-order valence-corrected chi connectivity index (χ0v) is 39.5. The van der Waals surface area contributed by atoms with Crippen molar-refractivity contribution in [1.29, 1.82) is 0 Å². The number of thiophene rings is 2. The molecule has 7 aromatic carbocycles. The van der Waals surface area contributed by atoms with Gasteiger partial charge in [0, 0.05) is 48.5 Å². The van der Waals surface area contributed by atoms with Gasteiger partial charge in [0.15, 0.2) is 0 Å². The lowest BCUT2D eigenvalue weighted by molar-refractivity contribution is 0.590. The van der Waals surface area contributed by atoms with Crippen LogP contribution < -0.4 is 29.7 Å². The lowest BCUT2D eigenvalue weighted by Gasteiger charge is -2.45. The third-order valence-corrected chi connectivity index (χ3v) is 16.6. The van der Waals surface area contributed by atoms with Crippen molar-refractivity contribution in [2.24, 2.45) is 0 Å². The largest absolute Gasteiger partial charge is 0.310 e. The number of rotatable bonds is 3. The molecule has 0 fully saturated rings. The lowest BCUT2D eigenvalue weighted by atomic mass is 9.39. The van der Waals surface area contributed by atoms with Crippen molar-refractivity contribution in [1.82, 2.24) is 0 Å². The molecule has 0 amide bonds. The van der Waals surface area contributed by atoms with Crippen molar-refractivity contribution < 1.29 is 8.78 Å². The van der Waals surface area contributed by atoms with Crippen LogP contribution in [0.1, 0.15) is 77.6 Å². The minimum absolute atomic E-state index is 0.0489. The summed E-state index contributed by atoms with van der Waals surface area (Å²) < 4.78 is 36.0. The van der Waals surface area contributed by atoms with E-state index in [0.29, 0.717) is 9.40 Å². The summed E-state index contributed by atoms with van der Waals surface area (Å²) in [5, 5.41) is 1.74. The van der Waals surface area contributed by atoms with Gasteiger partial charge in [0.05, 0.1) is 37.8 Å². The van der Waals surface area contributed by atoms with Crippen LogP contribution in [0.5, 0.6) is 0 Å². The maximum absolute atomic E-state index is 16.3. The summed E-state index contributed by atoms with van der Waals surface area (Å²) in [5.41, 5.74) is 15.0. The molecule has 0 spiro atoms. The smallest absolute Gasteiger partial charge is 0.277 e. The Morgan fingerprint density at radius 1 is 0.462 bits per heavy atom. The summed E-state index contributed by atoms with van der Waals surface area (Å²) >= 11 is 3.06. The second-order valence-electron chi connectivity index (χ2n) is 20.5. The van der Waals surface area contributed by atoms with E-state index >= 15 is 8.78 Å². The van der Waals surface area contributed by atoms with E-state index in [1.54, 1.807) is 12.1 Å². The molecule has 3 nitrogen and oxygen atoms in total. The van der Waals surface area contributed by atoms with Crippen LogP contribution >= 0.6 is 22.7 Å². The Morgan fingerprint density at radius 3 is 1.29 bits per heavy atom. The number of benzene rings is 7. The number of nitrogens with zero attached hydrogens (tertiary/aromatic N) is 3. The summed E-state index contributed by atoms with van der Waals surface area (Å²) in [6, 6.07) is 51.1. The average Bonchev–Trinajstić information content (AvgIpc) is 3.87. The number of fused-ring (bicyclic) bond motifs is 10. The van der Waals surface area contributed by atoms with Crippen molar-refractivity contribution in [3.63, 3.8) is 0 Å². The van der Waals surface area contributed by atoms with E-state index in [9.17, 15) is 0 Å². The second kappa shape index (κ2) is 13.9. The highest BCUT2D eigenvalue weighted by Crippen LogP contribution is 2.56. The molecule has 0 unspecified atom stereocenters. The number of hydrogen-bond donors (Lipinski definition) is 0. The Hall–Kier alpha value is -6.22. The molecule has 5 heterocycles. The summed E-state index contributed by atoms with van der Waals surface area (Å²) in [4.78, 5) is 7.22. The first-order valence-corrected chi connectivity index (χ1v) is 24.1. The van der Waals surface area contributed by atoms with Crippen LogP contribution in [-0.4, -0.2) is 6.71 Å². The molecule has 3 aliphatic rings. The summed E-state index contributed by atoms with van der Waals surface area (Å²) in [6.07, 6.45) is 0. The third-order valence-electron chi connectivity index (χ3n) is 14.1. The monoisotopic (exact) mass is 887 g/mol. The maximum atomic E-state index is 16.3. The van der Waals surface area contributed by atoms with Crippen LogP contribution in [0.4, 0.5) is 60.0 Å². The van der Waals surface area contributed by atoms with Crippen LogP contribution in [0.3, 0.4) is 0 Å². The predicted molar refractivity (Wildman–Crippen MR) is 275 cm³/mol. The second-order valence-corrected chi connectivity index (χ2v) is 22.6. The molecular weight excluding hydrogens is 840 g/mol. The summed E-state index contributed by atoms with van der Waals surface area (Å²) in [6.45, 7) is 17.8. The van der Waals surface area contributed by atoms with Crippen LogP contribution in [0.2, 0.25) is 0 Å². The number of hydrogen-bond acceptors (Lipinski definition) is 5. The molecule has 0 bridgehead atoms. The summed E-state index contributed by atoms with van der Waals surface area (Å²) in [7, 11) is 0. The normalized spacial score (nSPS) is 14.9. The van der Waals surface area contributed by atoms with Gasteiger partial charge in [0.1, 0.15) is 11.6 Å². The van der Waals surface area contributed by atoms with E-state index in [1.807, 2.05) is 12.1 Å². The van der Waals surface area contributed by atoms with Gasteiger partial charge in [-0.25, -0.2) is 8.78 Å². The van der Waals surface area contributed by atoms with Gasteiger partial charge in [-0.15, -0.1) is 22.7 Å². The Balaban J connectivity index is 1.24. The van der Waals surface area contributed by atoms with Gasteiger partial charge in [-0.05, 0) is 99.2 Å². The minimum atomic E-state index is -0.289. The molecule has 0 saturated carbocycles. The molecule has 0 N–H and O–H groups in total. The molecular formula is C57H48BF2N3S2. The fourth-order valence-corrected chi connectivity index (χ4v) is 13.5. The molecule has 320 valence electrons. The van der Waals surface area contributed by atoms with E-state index in [0.717, 1.165) is 77.0 Å². The molecule has 0 atom stereocenters. The van der Waals surface area contributed by atoms with Gasteiger partial charge in [0.25, 0.3) is 6.71 Å².